The summed E-state index contributed by atoms with van der Waals surface area (Å²) in [6.07, 6.45) is 0. The number of sulfone groups is 1. The van der Waals surface area contributed by atoms with Gasteiger partial charge in [-0.1, -0.05) is 12.1 Å². The molecule has 0 atom stereocenters. The van der Waals surface area contributed by atoms with Crippen molar-refractivity contribution in [3.63, 3.8) is 0 Å². The summed E-state index contributed by atoms with van der Waals surface area (Å²) in [5.41, 5.74) is 2.12. The Morgan fingerprint density at radius 1 is 1.04 bits per heavy atom. The summed E-state index contributed by atoms with van der Waals surface area (Å²) in [5.74, 6) is 0.561. The topological polar surface area (TPSA) is 105 Å². The molecule has 2 aromatic heterocycles. The number of para-hydroxylation sites is 2. The molecule has 0 radical (unpaired) electrons. The minimum Gasteiger partial charge on any atom is -0.441 e. The summed E-state index contributed by atoms with van der Waals surface area (Å²) < 4.78 is 31.1. The molecule has 2 aromatic carbocycles. The Morgan fingerprint density at radius 3 is 2.48 bits per heavy atom. The number of aromatic nitrogens is 2. The summed E-state index contributed by atoms with van der Waals surface area (Å²) in [6, 6.07) is 16.3. The highest BCUT2D eigenvalue weighted by atomic mass is 32.2. The Hall–Kier alpha value is -3.39. The molecule has 0 saturated carbocycles. The quantitative estimate of drug-likeness (QED) is 0.562. The highest BCUT2D eigenvalue weighted by Crippen LogP contribution is 2.28. The van der Waals surface area contributed by atoms with Gasteiger partial charge in [-0.2, -0.15) is 0 Å². The summed E-state index contributed by atoms with van der Waals surface area (Å²) in [4.78, 5) is 18.6. The summed E-state index contributed by atoms with van der Waals surface area (Å²) in [6.45, 7) is 1.38. The molecule has 4 rings (SSSR count). The van der Waals surface area contributed by atoms with Crippen LogP contribution in [0.4, 0.5) is 5.69 Å². The number of nitrogens with one attached hydrogen (secondary N) is 2. The van der Waals surface area contributed by atoms with Crippen LogP contribution in [0.3, 0.4) is 0 Å². The molecule has 0 unspecified atom stereocenters. The Bertz CT molecular complexity index is 1200. The number of hydrogen-bond donors (Lipinski definition) is 2. The number of imidazole rings is 1. The van der Waals surface area contributed by atoms with Crippen LogP contribution in [0, 0.1) is 0 Å². The molecule has 0 saturated heterocycles. The molecule has 4 aromatic rings. The molecule has 27 heavy (non-hydrogen) atoms. The lowest BCUT2D eigenvalue weighted by Gasteiger charge is -2.04. The molecule has 0 spiro atoms. The average Bonchev–Trinajstić information content (AvgIpc) is 3.29. The Balaban J connectivity index is 1.66. The smallest absolute Gasteiger partial charge is 0.239 e. The Labute approximate surface area is 155 Å². The van der Waals surface area contributed by atoms with Crippen LogP contribution in [0.5, 0.6) is 0 Å². The molecule has 136 valence electrons. The second-order valence-corrected chi connectivity index (χ2v) is 7.81. The van der Waals surface area contributed by atoms with Crippen LogP contribution in [0.25, 0.3) is 22.6 Å². The van der Waals surface area contributed by atoms with E-state index in [1.54, 1.807) is 6.07 Å². The van der Waals surface area contributed by atoms with Crippen LogP contribution < -0.4 is 5.32 Å². The van der Waals surface area contributed by atoms with E-state index in [4.69, 9.17) is 4.42 Å². The molecule has 0 fully saturated rings. The van der Waals surface area contributed by atoms with Crippen molar-refractivity contribution < 1.29 is 17.6 Å². The maximum absolute atomic E-state index is 12.8. The van der Waals surface area contributed by atoms with Crippen molar-refractivity contribution in [3.8, 4) is 11.6 Å². The van der Waals surface area contributed by atoms with E-state index < -0.39 is 9.84 Å². The van der Waals surface area contributed by atoms with Crippen LogP contribution in [-0.2, 0) is 14.6 Å². The summed E-state index contributed by atoms with van der Waals surface area (Å²) in [5, 5.41) is 2.42. The lowest BCUT2D eigenvalue weighted by molar-refractivity contribution is -0.114. The number of benzene rings is 2. The van der Waals surface area contributed by atoms with E-state index in [9.17, 15) is 13.2 Å². The van der Waals surface area contributed by atoms with Gasteiger partial charge < -0.3 is 14.7 Å². The van der Waals surface area contributed by atoms with Crippen molar-refractivity contribution in [1.29, 1.82) is 0 Å². The highest BCUT2D eigenvalue weighted by Gasteiger charge is 2.23. The zero-order valence-corrected chi connectivity index (χ0v) is 15.1. The van der Waals surface area contributed by atoms with E-state index in [2.05, 4.69) is 15.3 Å². The number of carbonyl (C=O) groups is 1. The van der Waals surface area contributed by atoms with Crippen LogP contribution >= 0.6 is 0 Å². The van der Waals surface area contributed by atoms with Gasteiger partial charge in [0.25, 0.3) is 0 Å². The molecule has 0 aliphatic heterocycles. The highest BCUT2D eigenvalue weighted by molar-refractivity contribution is 7.91. The predicted molar refractivity (Wildman–Crippen MR) is 100.0 cm³/mol. The van der Waals surface area contributed by atoms with Crippen molar-refractivity contribution in [3.05, 3.63) is 60.7 Å². The number of furan rings is 1. The number of anilines is 1. The molecule has 0 aliphatic carbocycles. The van der Waals surface area contributed by atoms with Gasteiger partial charge >= 0.3 is 0 Å². The zero-order valence-electron chi connectivity index (χ0n) is 14.3. The van der Waals surface area contributed by atoms with Gasteiger partial charge in [-0.05, 0) is 48.5 Å². The van der Waals surface area contributed by atoms with Crippen molar-refractivity contribution >= 4 is 32.5 Å². The second kappa shape index (κ2) is 6.40. The number of H-pyrrole nitrogens is 1. The summed E-state index contributed by atoms with van der Waals surface area (Å²) >= 11 is 0. The van der Waals surface area contributed by atoms with Gasteiger partial charge in [0, 0.05) is 12.6 Å². The van der Waals surface area contributed by atoms with E-state index in [1.165, 1.54) is 37.3 Å². The molecular weight excluding hydrogens is 366 g/mol. The largest absolute Gasteiger partial charge is 0.441 e. The second-order valence-electron chi connectivity index (χ2n) is 5.93. The monoisotopic (exact) mass is 381 g/mol. The number of nitrogens with zero attached hydrogens (tertiary/aromatic N) is 1. The van der Waals surface area contributed by atoms with Crippen LogP contribution in [-0.4, -0.2) is 24.3 Å². The van der Waals surface area contributed by atoms with Gasteiger partial charge in [0.05, 0.1) is 15.9 Å². The first-order valence-corrected chi connectivity index (χ1v) is 9.59. The molecular formula is C19H15N3O4S. The third kappa shape index (κ3) is 3.22. The fourth-order valence-corrected chi connectivity index (χ4v) is 3.87. The molecule has 8 heteroatoms. The molecule has 2 N–H and O–H groups in total. The molecule has 0 aliphatic rings. The van der Waals surface area contributed by atoms with E-state index in [-0.39, 0.29) is 15.9 Å². The van der Waals surface area contributed by atoms with E-state index in [0.717, 1.165) is 11.0 Å². The molecule has 2 heterocycles. The minimum absolute atomic E-state index is 0.0714. The van der Waals surface area contributed by atoms with Gasteiger partial charge in [-0.15, -0.1) is 0 Å². The Kier molecular flexibility index (Phi) is 4.04. The van der Waals surface area contributed by atoms with E-state index in [0.29, 0.717) is 17.3 Å². The van der Waals surface area contributed by atoms with Crippen LogP contribution in [0.1, 0.15) is 6.92 Å². The van der Waals surface area contributed by atoms with Gasteiger partial charge in [-0.3, -0.25) is 4.79 Å². The van der Waals surface area contributed by atoms with Gasteiger partial charge in [0.1, 0.15) is 0 Å². The average molecular weight is 381 g/mol. The van der Waals surface area contributed by atoms with Crippen molar-refractivity contribution in [2.45, 2.75) is 16.9 Å². The fraction of sp³-hybridized carbons (Fsp3) is 0.0526. The first kappa shape index (κ1) is 17.0. The number of carbonyl (C=O) groups excluding carboxylic acids is 1. The van der Waals surface area contributed by atoms with Crippen molar-refractivity contribution in [1.82, 2.24) is 9.97 Å². The lowest BCUT2D eigenvalue weighted by Crippen LogP contribution is -2.06. The number of aromatic amines is 1. The minimum atomic E-state index is -3.82. The first-order valence-electron chi connectivity index (χ1n) is 8.11. The number of amides is 1. The van der Waals surface area contributed by atoms with Crippen molar-refractivity contribution in [2.75, 3.05) is 5.32 Å². The maximum atomic E-state index is 12.8. The van der Waals surface area contributed by atoms with Crippen LogP contribution in [0.15, 0.2) is 75.1 Å². The Morgan fingerprint density at radius 2 is 1.78 bits per heavy atom. The third-order valence-electron chi connectivity index (χ3n) is 3.95. The lowest BCUT2D eigenvalue weighted by atomic mass is 10.3. The van der Waals surface area contributed by atoms with Crippen LogP contribution in [0.2, 0.25) is 0 Å². The van der Waals surface area contributed by atoms with E-state index >= 15 is 0 Å². The molecule has 1 amide bonds. The van der Waals surface area contributed by atoms with Gasteiger partial charge in [0.2, 0.25) is 20.8 Å². The third-order valence-corrected chi connectivity index (χ3v) is 5.60. The number of rotatable bonds is 4. The SMILES string of the molecule is CC(=O)Nc1ccc(S(=O)(=O)c2ccc(-c3nc4ccccc4[nH]3)o2)cc1. The standard InChI is InChI=1S/C19H15N3O4S/c1-12(23)20-13-6-8-14(9-7-13)27(24,25)18-11-10-17(26-18)19-21-15-4-2-3-5-16(15)22-19/h2-11H,1H3,(H,20,23)(H,21,22). The fourth-order valence-electron chi connectivity index (χ4n) is 2.70. The first-order chi connectivity index (χ1) is 12.9. The summed E-state index contributed by atoms with van der Waals surface area (Å²) in [7, 11) is -3.82. The molecule has 0 bridgehead atoms. The van der Waals surface area contributed by atoms with Gasteiger partial charge in [-0.25, -0.2) is 13.4 Å². The zero-order chi connectivity index (χ0) is 19.0. The normalized spacial score (nSPS) is 11.6. The van der Waals surface area contributed by atoms with Crippen molar-refractivity contribution in [2.24, 2.45) is 0 Å². The van der Waals surface area contributed by atoms with E-state index in [1.807, 2.05) is 24.3 Å². The maximum Gasteiger partial charge on any atom is 0.239 e. The predicted octanol–water partition coefficient (Wildman–Crippen LogP) is 3.61. The van der Waals surface area contributed by atoms with Gasteiger partial charge in [0.15, 0.2) is 11.6 Å². The number of hydrogen-bond acceptors (Lipinski definition) is 5. The number of fused-ring (bicyclic) bond motifs is 1. The molecule has 7 nitrogen and oxygen atoms in total.